The second kappa shape index (κ2) is 10.1. The summed E-state index contributed by atoms with van der Waals surface area (Å²) in [5.74, 6) is 1.39. The van der Waals surface area contributed by atoms with Gasteiger partial charge in [0.1, 0.15) is 25.0 Å². The lowest BCUT2D eigenvalue weighted by atomic mass is 10.2. The van der Waals surface area contributed by atoms with Gasteiger partial charge in [-0.2, -0.15) is 5.26 Å². The minimum absolute atomic E-state index is 0.276. The van der Waals surface area contributed by atoms with Crippen LogP contribution in [0.1, 0.15) is 11.3 Å². The van der Waals surface area contributed by atoms with Crippen molar-refractivity contribution in [1.82, 2.24) is 14.5 Å². The predicted octanol–water partition coefficient (Wildman–Crippen LogP) is 5.86. The topological polar surface area (TPSA) is 73.0 Å². The van der Waals surface area contributed by atoms with E-state index in [0.29, 0.717) is 34.0 Å². The van der Waals surface area contributed by atoms with Crippen molar-refractivity contribution >= 4 is 45.9 Å². The zero-order valence-electron chi connectivity index (χ0n) is 17.1. The lowest BCUT2D eigenvalue weighted by molar-refractivity contribution is 0.300. The third-order valence-electron chi connectivity index (χ3n) is 4.67. The standard InChI is InChI=1S/C23H18Cl2N4O2S/c1-32-23-27-7-4-17(28-23)14-31-19-2-3-21-15(11-19)5-8-29(21)18-10-16(13-26)22(20(25)12-18)30-9-6-24/h2-5,7-8,10-12H,6,9,14H2,1H3. The van der Waals surface area contributed by atoms with Crippen LogP contribution in [0.4, 0.5) is 0 Å². The van der Waals surface area contributed by atoms with E-state index < -0.39 is 0 Å². The van der Waals surface area contributed by atoms with Crippen LogP contribution in [0.2, 0.25) is 5.02 Å². The van der Waals surface area contributed by atoms with Crippen LogP contribution in [0.15, 0.2) is 60.0 Å². The number of thioether (sulfide) groups is 1. The van der Waals surface area contributed by atoms with Crippen molar-refractivity contribution in [2.75, 3.05) is 18.7 Å². The molecule has 0 aliphatic rings. The summed E-state index contributed by atoms with van der Waals surface area (Å²) in [4.78, 5) is 8.60. The molecular weight excluding hydrogens is 467 g/mol. The highest BCUT2D eigenvalue weighted by atomic mass is 35.5. The minimum Gasteiger partial charge on any atom is -0.489 e. The molecule has 4 rings (SSSR count). The molecule has 0 bridgehead atoms. The normalized spacial score (nSPS) is 10.8. The van der Waals surface area contributed by atoms with Gasteiger partial charge >= 0.3 is 0 Å². The molecule has 0 aliphatic heterocycles. The molecule has 2 aromatic carbocycles. The Bertz CT molecular complexity index is 1300. The summed E-state index contributed by atoms with van der Waals surface area (Å²) in [7, 11) is 0. The van der Waals surface area contributed by atoms with Crippen molar-refractivity contribution in [2.45, 2.75) is 11.8 Å². The van der Waals surface area contributed by atoms with Crippen molar-refractivity contribution in [3.63, 3.8) is 0 Å². The lowest BCUT2D eigenvalue weighted by Gasteiger charge is -2.12. The fourth-order valence-electron chi connectivity index (χ4n) is 3.24. The third kappa shape index (κ3) is 4.78. The summed E-state index contributed by atoms with van der Waals surface area (Å²) in [5.41, 5.74) is 2.89. The largest absolute Gasteiger partial charge is 0.489 e. The summed E-state index contributed by atoms with van der Waals surface area (Å²) >= 11 is 13.6. The van der Waals surface area contributed by atoms with Crippen LogP contribution in [0.25, 0.3) is 16.6 Å². The fourth-order valence-corrected chi connectivity index (χ4v) is 3.96. The average molecular weight is 485 g/mol. The number of benzene rings is 2. The SMILES string of the molecule is CSc1nccc(COc2ccc3c(ccn3-c3cc(Cl)c(OCCCl)c(C#N)c3)c2)n1. The Kier molecular flexibility index (Phi) is 7.05. The van der Waals surface area contributed by atoms with Crippen molar-refractivity contribution in [2.24, 2.45) is 0 Å². The number of halogens is 2. The first-order valence-electron chi connectivity index (χ1n) is 9.65. The van der Waals surface area contributed by atoms with E-state index in [1.54, 1.807) is 18.3 Å². The second-order valence-electron chi connectivity index (χ2n) is 6.68. The van der Waals surface area contributed by atoms with Crippen LogP contribution in [0, 0.1) is 11.3 Å². The van der Waals surface area contributed by atoms with Crippen molar-refractivity contribution in [1.29, 1.82) is 5.26 Å². The maximum atomic E-state index is 9.54. The van der Waals surface area contributed by atoms with Gasteiger partial charge in [0.15, 0.2) is 10.9 Å². The van der Waals surface area contributed by atoms with Gasteiger partial charge in [0, 0.05) is 23.5 Å². The molecule has 6 nitrogen and oxygen atoms in total. The number of hydrogen-bond donors (Lipinski definition) is 0. The van der Waals surface area contributed by atoms with Crippen molar-refractivity contribution in [3.8, 4) is 23.3 Å². The Morgan fingerprint density at radius 1 is 1.16 bits per heavy atom. The van der Waals surface area contributed by atoms with Crippen molar-refractivity contribution in [3.05, 3.63) is 71.1 Å². The molecule has 0 aliphatic carbocycles. The Balaban J connectivity index is 1.59. The van der Waals surface area contributed by atoms with Gasteiger partial charge < -0.3 is 14.0 Å². The molecule has 0 unspecified atom stereocenters. The molecule has 0 fully saturated rings. The molecule has 2 heterocycles. The van der Waals surface area contributed by atoms with Gasteiger partial charge in [-0.15, -0.1) is 11.6 Å². The molecule has 0 atom stereocenters. The van der Waals surface area contributed by atoms with E-state index in [4.69, 9.17) is 32.7 Å². The summed E-state index contributed by atoms with van der Waals surface area (Å²) in [6.45, 7) is 0.630. The smallest absolute Gasteiger partial charge is 0.187 e. The highest BCUT2D eigenvalue weighted by molar-refractivity contribution is 7.98. The summed E-state index contributed by atoms with van der Waals surface area (Å²) in [5, 5.41) is 11.6. The number of rotatable bonds is 8. The Morgan fingerprint density at radius 3 is 2.81 bits per heavy atom. The van der Waals surface area contributed by atoms with Gasteiger partial charge in [-0.3, -0.25) is 0 Å². The minimum atomic E-state index is 0.276. The van der Waals surface area contributed by atoms with Crippen LogP contribution >= 0.6 is 35.0 Å². The van der Waals surface area contributed by atoms with Crippen LogP contribution < -0.4 is 9.47 Å². The summed E-state index contributed by atoms with van der Waals surface area (Å²) < 4.78 is 13.4. The maximum Gasteiger partial charge on any atom is 0.187 e. The molecule has 32 heavy (non-hydrogen) atoms. The van der Waals surface area contributed by atoms with E-state index >= 15 is 0 Å². The molecule has 0 amide bonds. The monoisotopic (exact) mass is 484 g/mol. The fraction of sp³-hybridized carbons (Fsp3) is 0.174. The van der Waals surface area contributed by atoms with E-state index in [2.05, 4.69) is 16.0 Å². The quantitative estimate of drug-likeness (QED) is 0.177. The van der Waals surface area contributed by atoms with Gasteiger partial charge in [0.05, 0.1) is 27.7 Å². The number of nitrogens with zero attached hydrogens (tertiary/aromatic N) is 4. The number of alkyl halides is 1. The van der Waals surface area contributed by atoms with Gasteiger partial charge in [-0.1, -0.05) is 23.4 Å². The molecule has 0 N–H and O–H groups in total. The maximum absolute atomic E-state index is 9.54. The molecular formula is C23H18Cl2N4O2S. The first kappa shape index (κ1) is 22.3. The van der Waals surface area contributed by atoms with Crippen LogP contribution in [-0.2, 0) is 6.61 Å². The van der Waals surface area contributed by atoms with E-state index in [1.807, 2.05) is 47.4 Å². The Morgan fingerprint density at radius 2 is 2.03 bits per heavy atom. The number of hydrogen-bond acceptors (Lipinski definition) is 6. The van der Waals surface area contributed by atoms with Gasteiger partial charge in [0.2, 0.25) is 0 Å². The molecule has 0 saturated heterocycles. The van der Waals surface area contributed by atoms with E-state index in [9.17, 15) is 5.26 Å². The predicted molar refractivity (Wildman–Crippen MR) is 127 cm³/mol. The average Bonchev–Trinajstić information content (AvgIpc) is 3.25. The molecule has 9 heteroatoms. The first-order chi connectivity index (χ1) is 15.6. The van der Waals surface area contributed by atoms with Crippen LogP contribution in [0.5, 0.6) is 11.5 Å². The number of aromatic nitrogens is 3. The van der Waals surface area contributed by atoms with Gasteiger partial charge in [-0.25, -0.2) is 9.97 Å². The van der Waals surface area contributed by atoms with Crippen LogP contribution in [0.3, 0.4) is 0 Å². The molecule has 162 valence electrons. The molecule has 0 spiro atoms. The Hall–Kier alpha value is -2.92. The summed E-state index contributed by atoms with van der Waals surface area (Å²) in [6.07, 6.45) is 5.59. The number of ether oxygens (including phenoxy) is 2. The highest BCUT2D eigenvalue weighted by Crippen LogP contribution is 2.33. The van der Waals surface area contributed by atoms with E-state index in [0.717, 1.165) is 28.0 Å². The number of fused-ring (bicyclic) bond motifs is 1. The second-order valence-corrected chi connectivity index (χ2v) is 8.24. The van der Waals surface area contributed by atoms with Gasteiger partial charge in [-0.05, 0) is 48.7 Å². The van der Waals surface area contributed by atoms with Crippen LogP contribution in [-0.4, -0.2) is 33.3 Å². The lowest BCUT2D eigenvalue weighted by Crippen LogP contribution is -2.02. The molecule has 2 aromatic heterocycles. The summed E-state index contributed by atoms with van der Waals surface area (Å²) in [6, 6.07) is 15.3. The zero-order valence-corrected chi connectivity index (χ0v) is 19.4. The molecule has 0 saturated carbocycles. The zero-order chi connectivity index (χ0) is 22.5. The van der Waals surface area contributed by atoms with Crippen molar-refractivity contribution < 1.29 is 9.47 Å². The molecule has 0 radical (unpaired) electrons. The Labute approximate surface area is 199 Å². The highest BCUT2D eigenvalue weighted by Gasteiger charge is 2.14. The van der Waals surface area contributed by atoms with Gasteiger partial charge in [0.25, 0.3) is 0 Å². The first-order valence-corrected chi connectivity index (χ1v) is 11.8. The van der Waals surface area contributed by atoms with E-state index in [-0.39, 0.29) is 6.61 Å². The number of nitriles is 1. The third-order valence-corrected chi connectivity index (χ3v) is 5.67. The molecule has 4 aromatic rings. The van der Waals surface area contributed by atoms with E-state index in [1.165, 1.54) is 11.8 Å².